The highest BCUT2D eigenvalue weighted by Crippen LogP contribution is 2.10. The lowest BCUT2D eigenvalue weighted by Crippen LogP contribution is -2.31. The zero-order valence-electron chi connectivity index (χ0n) is 8.70. The zero-order chi connectivity index (χ0) is 12.1. The molecule has 1 rings (SSSR count). The van der Waals surface area contributed by atoms with E-state index in [1.54, 1.807) is 6.92 Å². The molecule has 84 valence electrons. The monoisotopic (exact) mass is 224 g/mol. The lowest BCUT2D eigenvalue weighted by molar-refractivity contribution is 0.0783. The lowest BCUT2D eigenvalue weighted by Gasteiger charge is -2.17. The Labute approximate surface area is 91.9 Å². The van der Waals surface area contributed by atoms with Gasteiger partial charge in [0.25, 0.3) is 5.91 Å². The minimum absolute atomic E-state index is 0.0883. The molecule has 16 heavy (non-hydrogen) atoms. The number of hydrogen-bond acceptors (Lipinski definition) is 2. The number of benzene rings is 1. The third kappa shape index (κ3) is 2.76. The van der Waals surface area contributed by atoms with Crippen molar-refractivity contribution in [2.45, 2.75) is 6.92 Å². The average Bonchev–Trinajstić information content (AvgIpc) is 2.23. The van der Waals surface area contributed by atoms with Gasteiger partial charge in [0.05, 0.1) is 6.07 Å². The first-order valence-corrected chi connectivity index (χ1v) is 4.70. The third-order valence-corrected chi connectivity index (χ3v) is 2.04. The Morgan fingerprint density at radius 2 is 1.94 bits per heavy atom. The van der Waals surface area contributed by atoms with Crippen LogP contribution < -0.4 is 0 Å². The van der Waals surface area contributed by atoms with Crippen molar-refractivity contribution >= 4 is 5.91 Å². The molecule has 0 aliphatic rings. The number of carbonyl (C=O) groups is 1. The summed E-state index contributed by atoms with van der Waals surface area (Å²) in [6, 6.07) is 4.41. The predicted octanol–water partition coefficient (Wildman–Crippen LogP) is 1.95. The number of rotatable bonds is 3. The fraction of sp³-hybridized carbons (Fsp3) is 0.273. The summed E-state index contributed by atoms with van der Waals surface area (Å²) >= 11 is 0. The minimum Gasteiger partial charge on any atom is -0.326 e. The average molecular weight is 224 g/mol. The van der Waals surface area contributed by atoms with Crippen LogP contribution in [0.2, 0.25) is 0 Å². The van der Waals surface area contributed by atoms with Crippen LogP contribution in [0.3, 0.4) is 0 Å². The third-order valence-electron chi connectivity index (χ3n) is 2.04. The smallest absolute Gasteiger partial charge is 0.254 e. The maximum atomic E-state index is 12.9. The van der Waals surface area contributed by atoms with Gasteiger partial charge in [-0.3, -0.25) is 4.79 Å². The van der Waals surface area contributed by atoms with E-state index in [9.17, 15) is 13.6 Å². The largest absolute Gasteiger partial charge is 0.326 e. The van der Waals surface area contributed by atoms with E-state index < -0.39 is 17.5 Å². The Morgan fingerprint density at radius 1 is 1.38 bits per heavy atom. The van der Waals surface area contributed by atoms with Gasteiger partial charge in [-0.15, -0.1) is 0 Å². The van der Waals surface area contributed by atoms with Crippen molar-refractivity contribution in [2.24, 2.45) is 0 Å². The van der Waals surface area contributed by atoms with Crippen LogP contribution >= 0.6 is 0 Å². The SMILES string of the molecule is CCN(CC#N)C(=O)c1cc(F)cc(F)c1. The van der Waals surface area contributed by atoms with Crippen LogP contribution in [-0.4, -0.2) is 23.9 Å². The molecule has 0 N–H and O–H groups in total. The molecular formula is C11H10F2N2O. The van der Waals surface area contributed by atoms with Crippen molar-refractivity contribution in [3.8, 4) is 6.07 Å². The van der Waals surface area contributed by atoms with Gasteiger partial charge in [0.2, 0.25) is 0 Å². The van der Waals surface area contributed by atoms with Crippen molar-refractivity contribution in [1.29, 1.82) is 5.26 Å². The Morgan fingerprint density at radius 3 is 2.38 bits per heavy atom. The van der Waals surface area contributed by atoms with E-state index in [0.29, 0.717) is 12.6 Å². The molecule has 0 fully saturated rings. The molecule has 0 radical (unpaired) electrons. The fourth-order valence-corrected chi connectivity index (χ4v) is 1.27. The van der Waals surface area contributed by atoms with Gasteiger partial charge in [0.1, 0.15) is 18.2 Å². The fourth-order valence-electron chi connectivity index (χ4n) is 1.27. The van der Waals surface area contributed by atoms with Crippen LogP contribution in [0.15, 0.2) is 18.2 Å². The zero-order valence-corrected chi connectivity index (χ0v) is 8.70. The summed E-state index contributed by atoms with van der Waals surface area (Å²) in [6.45, 7) is 1.89. The van der Waals surface area contributed by atoms with E-state index in [4.69, 9.17) is 5.26 Å². The maximum absolute atomic E-state index is 12.9. The molecule has 1 amide bonds. The van der Waals surface area contributed by atoms with Crippen molar-refractivity contribution < 1.29 is 13.6 Å². The van der Waals surface area contributed by atoms with Gasteiger partial charge in [-0.05, 0) is 19.1 Å². The number of nitriles is 1. The van der Waals surface area contributed by atoms with Crippen LogP contribution in [0, 0.1) is 23.0 Å². The summed E-state index contributed by atoms with van der Waals surface area (Å²) in [5.74, 6) is -2.17. The van der Waals surface area contributed by atoms with Crippen molar-refractivity contribution in [2.75, 3.05) is 13.1 Å². The molecule has 0 aromatic heterocycles. The van der Waals surface area contributed by atoms with E-state index in [1.807, 2.05) is 6.07 Å². The van der Waals surface area contributed by atoms with Crippen LogP contribution in [0.25, 0.3) is 0 Å². The second-order valence-electron chi connectivity index (χ2n) is 3.14. The summed E-state index contributed by atoms with van der Waals surface area (Å²) in [5.41, 5.74) is -0.0883. The van der Waals surface area contributed by atoms with Gasteiger partial charge in [0.15, 0.2) is 0 Å². The van der Waals surface area contributed by atoms with Gasteiger partial charge in [-0.2, -0.15) is 5.26 Å². The van der Waals surface area contributed by atoms with E-state index >= 15 is 0 Å². The summed E-state index contributed by atoms with van der Waals surface area (Å²) in [7, 11) is 0. The van der Waals surface area contributed by atoms with Crippen LogP contribution in [-0.2, 0) is 0 Å². The minimum atomic E-state index is -0.809. The molecule has 1 aromatic carbocycles. The first kappa shape index (κ1) is 12.1. The Hall–Kier alpha value is -1.96. The summed E-state index contributed by atoms with van der Waals surface area (Å²) < 4.78 is 25.7. The number of nitrogens with zero attached hydrogens (tertiary/aromatic N) is 2. The summed E-state index contributed by atoms with van der Waals surface area (Å²) in [5, 5.41) is 8.48. The standard InChI is InChI=1S/C11H10F2N2O/c1-2-15(4-3-14)11(16)8-5-9(12)7-10(13)6-8/h5-7H,2,4H2,1H3. The lowest BCUT2D eigenvalue weighted by atomic mass is 10.2. The molecule has 0 spiro atoms. The van der Waals surface area contributed by atoms with E-state index in [-0.39, 0.29) is 12.1 Å². The van der Waals surface area contributed by atoms with Crippen molar-refractivity contribution in [1.82, 2.24) is 4.90 Å². The van der Waals surface area contributed by atoms with Gasteiger partial charge in [-0.1, -0.05) is 0 Å². The van der Waals surface area contributed by atoms with E-state index in [1.165, 1.54) is 4.90 Å². The molecule has 0 aliphatic heterocycles. The van der Waals surface area contributed by atoms with Crippen LogP contribution in [0.4, 0.5) is 8.78 Å². The first-order valence-electron chi connectivity index (χ1n) is 4.70. The topological polar surface area (TPSA) is 44.1 Å². The molecule has 1 aromatic rings. The normalized spacial score (nSPS) is 9.62. The second kappa shape index (κ2) is 5.21. The van der Waals surface area contributed by atoms with Gasteiger partial charge < -0.3 is 4.90 Å². The number of carbonyl (C=O) groups excluding carboxylic acids is 1. The second-order valence-corrected chi connectivity index (χ2v) is 3.14. The molecule has 0 saturated heterocycles. The van der Waals surface area contributed by atoms with Crippen molar-refractivity contribution in [3.05, 3.63) is 35.4 Å². The highest BCUT2D eigenvalue weighted by molar-refractivity contribution is 5.94. The number of amides is 1. The molecule has 0 bridgehead atoms. The van der Waals surface area contributed by atoms with Gasteiger partial charge in [-0.25, -0.2) is 8.78 Å². The molecule has 0 unspecified atom stereocenters. The summed E-state index contributed by atoms with van der Waals surface area (Å²) in [4.78, 5) is 12.9. The first-order chi connectivity index (χ1) is 7.58. The van der Waals surface area contributed by atoms with Gasteiger partial charge >= 0.3 is 0 Å². The van der Waals surface area contributed by atoms with E-state index in [0.717, 1.165) is 12.1 Å². The molecule has 0 aliphatic carbocycles. The van der Waals surface area contributed by atoms with Crippen molar-refractivity contribution in [3.63, 3.8) is 0 Å². The number of halogens is 2. The maximum Gasteiger partial charge on any atom is 0.254 e. The molecule has 3 nitrogen and oxygen atoms in total. The van der Waals surface area contributed by atoms with Gasteiger partial charge in [0, 0.05) is 18.2 Å². The highest BCUT2D eigenvalue weighted by Gasteiger charge is 2.15. The number of hydrogen-bond donors (Lipinski definition) is 0. The molecule has 0 saturated carbocycles. The van der Waals surface area contributed by atoms with E-state index in [2.05, 4.69) is 0 Å². The predicted molar refractivity (Wildman–Crippen MR) is 53.5 cm³/mol. The Kier molecular flexibility index (Phi) is 3.95. The molecule has 0 heterocycles. The molecular weight excluding hydrogens is 214 g/mol. The Balaban J connectivity index is 2.99. The molecule has 0 atom stereocenters. The van der Waals surface area contributed by atoms with Crippen LogP contribution in [0.1, 0.15) is 17.3 Å². The highest BCUT2D eigenvalue weighted by atomic mass is 19.1. The van der Waals surface area contributed by atoms with Crippen LogP contribution in [0.5, 0.6) is 0 Å². The Bertz CT molecular complexity index is 420. The summed E-state index contributed by atoms with van der Waals surface area (Å²) in [6.07, 6.45) is 0. The quantitative estimate of drug-likeness (QED) is 0.736. The molecule has 5 heteroatoms.